The van der Waals surface area contributed by atoms with Crippen LogP contribution in [0.25, 0.3) is 11.0 Å². The molecule has 0 saturated heterocycles. The molecule has 1 amide bonds. The molecule has 27 heavy (non-hydrogen) atoms. The molecule has 1 aromatic carbocycles. The highest BCUT2D eigenvalue weighted by Gasteiger charge is 2.28. The molecule has 4 rings (SSSR count). The Morgan fingerprint density at radius 1 is 1.37 bits per heavy atom. The average molecular weight is 385 g/mol. The van der Waals surface area contributed by atoms with Crippen LogP contribution in [-0.2, 0) is 9.53 Å². The second-order valence-electron chi connectivity index (χ2n) is 5.99. The molecule has 3 heterocycles. The van der Waals surface area contributed by atoms with Gasteiger partial charge in [0.2, 0.25) is 5.91 Å². The van der Waals surface area contributed by atoms with Crippen molar-refractivity contribution in [3.05, 3.63) is 46.4 Å². The molecule has 0 radical (unpaired) electrons. The molecule has 0 spiro atoms. The minimum atomic E-state index is -0.440. The number of hydrogen-bond donors (Lipinski definition) is 2. The number of esters is 1. The number of amides is 1. The van der Waals surface area contributed by atoms with Crippen LogP contribution in [-0.4, -0.2) is 44.5 Å². The third-order valence-electron chi connectivity index (χ3n) is 4.26. The summed E-state index contributed by atoms with van der Waals surface area (Å²) in [5.74, 6) is -0.0693. The monoisotopic (exact) mass is 385 g/mol. The second kappa shape index (κ2) is 6.88. The lowest BCUT2D eigenvalue weighted by atomic mass is 10.2. The first-order chi connectivity index (χ1) is 13.1. The minimum Gasteiger partial charge on any atom is -0.465 e. The van der Waals surface area contributed by atoms with E-state index >= 15 is 0 Å². The molecule has 1 unspecified atom stereocenters. The van der Waals surface area contributed by atoms with E-state index in [1.807, 2.05) is 0 Å². The summed E-state index contributed by atoms with van der Waals surface area (Å²) < 4.78 is 6.20. The molecule has 0 fully saturated rings. The van der Waals surface area contributed by atoms with Crippen molar-refractivity contribution in [1.82, 2.24) is 19.7 Å². The SMILES string of the molecule is COC(=O)c1ccc(NC(=O)CC2CSc3nc4[nH]ncc4c(=O)n32)cc1. The highest BCUT2D eigenvalue weighted by Crippen LogP contribution is 2.33. The molecule has 1 aliphatic heterocycles. The lowest BCUT2D eigenvalue weighted by Gasteiger charge is -2.13. The zero-order chi connectivity index (χ0) is 19.0. The van der Waals surface area contributed by atoms with Gasteiger partial charge in [0.1, 0.15) is 5.39 Å². The summed E-state index contributed by atoms with van der Waals surface area (Å²) in [6.45, 7) is 0. The Bertz CT molecular complexity index is 1090. The number of anilines is 1. The van der Waals surface area contributed by atoms with Crippen LogP contribution in [0.5, 0.6) is 0 Å². The first-order valence-electron chi connectivity index (χ1n) is 8.13. The fourth-order valence-corrected chi connectivity index (χ4v) is 4.08. The van der Waals surface area contributed by atoms with Gasteiger partial charge in [0.25, 0.3) is 5.56 Å². The second-order valence-corrected chi connectivity index (χ2v) is 6.98. The summed E-state index contributed by atoms with van der Waals surface area (Å²) in [6, 6.07) is 6.13. The van der Waals surface area contributed by atoms with Crippen molar-refractivity contribution in [2.45, 2.75) is 17.6 Å². The van der Waals surface area contributed by atoms with E-state index in [1.165, 1.54) is 25.1 Å². The van der Waals surface area contributed by atoms with Gasteiger partial charge in [-0.3, -0.25) is 19.3 Å². The standard InChI is InChI=1S/C17H15N5O4S/c1-26-16(25)9-2-4-10(5-3-9)19-13(23)6-11-8-27-17-20-14-12(7-18-21-14)15(24)22(11)17/h2-5,7,11H,6,8H2,1H3,(H,18,21)(H,19,23). The molecule has 0 bridgehead atoms. The summed E-state index contributed by atoms with van der Waals surface area (Å²) >= 11 is 1.44. The van der Waals surface area contributed by atoms with E-state index < -0.39 is 5.97 Å². The number of aromatic amines is 1. The number of nitrogens with zero attached hydrogens (tertiary/aromatic N) is 3. The maximum absolute atomic E-state index is 12.6. The van der Waals surface area contributed by atoms with E-state index in [1.54, 1.807) is 28.8 Å². The van der Waals surface area contributed by atoms with Crippen LogP contribution in [0.15, 0.2) is 40.4 Å². The van der Waals surface area contributed by atoms with Gasteiger partial charge in [-0.2, -0.15) is 5.10 Å². The van der Waals surface area contributed by atoms with Crippen LogP contribution >= 0.6 is 11.8 Å². The van der Waals surface area contributed by atoms with Crippen LogP contribution in [0.4, 0.5) is 5.69 Å². The maximum atomic E-state index is 12.6. The highest BCUT2D eigenvalue weighted by molar-refractivity contribution is 7.99. The Morgan fingerprint density at radius 3 is 2.89 bits per heavy atom. The van der Waals surface area contributed by atoms with Gasteiger partial charge >= 0.3 is 5.97 Å². The molecule has 10 heteroatoms. The molecule has 1 aliphatic rings. The number of benzene rings is 1. The largest absolute Gasteiger partial charge is 0.465 e. The van der Waals surface area contributed by atoms with Gasteiger partial charge in [-0.15, -0.1) is 0 Å². The topological polar surface area (TPSA) is 119 Å². The highest BCUT2D eigenvalue weighted by atomic mass is 32.2. The first kappa shape index (κ1) is 17.3. The van der Waals surface area contributed by atoms with E-state index in [0.29, 0.717) is 33.2 Å². The van der Waals surface area contributed by atoms with E-state index in [0.717, 1.165) is 0 Å². The van der Waals surface area contributed by atoms with Crippen molar-refractivity contribution in [3.8, 4) is 0 Å². The molecule has 2 aromatic heterocycles. The third-order valence-corrected chi connectivity index (χ3v) is 5.36. The summed E-state index contributed by atoms with van der Waals surface area (Å²) in [7, 11) is 1.31. The Labute approximate surface area is 157 Å². The van der Waals surface area contributed by atoms with Crippen molar-refractivity contribution in [1.29, 1.82) is 0 Å². The summed E-state index contributed by atoms with van der Waals surface area (Å²) in [6.07, 6.45) is 1.59. The van der Waals surface area contributed by atoms with Gasteiger partial charge in [0.05, 0.1) is 24.9 Å². The number of hydrogen-bond acceptors (Lipinski definition) is 7. The summed E-state index contributed by atoms with van der Waals surface area (Å²) in [5, 5.41) is 10.3. The number of methoxy groups -OCH3 is 1. The van der Waals surface area contributed by atoms with Gasteiger partial charge in [0.15, 0.2) is 10.8 Å². The van der Waals surface area contributed by atoms with Crippen molar-refractivity contribution in [3.63, 3.8) is 0 Å². The number of ether oxygens (including phenoxy) is 1. The fourth-order valence-electron chi connectivity index (χ4n) is 2.94. The van der Waals surface area contributed by atoms with E-state index in [-0.39, 0.29) is 23.9 Å². The molecule has 138 valence electrons. The maximum Gasteiger partial charge on any atom is 0.337 e. The molecule has 1 atom stereocenters. The number of carbonyl (C=O) groups is 2. The normalized spacial score (nSPS) is 15.5. The molecule has 0 saturated carbocycles. The average Bonchev–Trinajstić information content (AvgIpc) is 3.29. The van der Waals surface area contributed by atoms with Crippen LogP contribution < -0.4 is 10.9 Å². The van der Waals surface area contributed by atoms with E-state index in [9.17, 15) is 14.4 Å². The lowest BCUT2D eigenvalue weighted by Crippen LogP contribution is -2.27. The zero-order valence-corrected chi connectivity index (χ0v) is 15.1. The number of H-pyrrole nitrogens is 1. The van der Waals surface area contributed by atoms with Gasteiger partial charge in [-0.1, -0.05) is 11.8 Å². The Balaban J connectivity index is 1.49. The summed E-state index contributed by atoms with van der Waals surface area (Å²) in [5.41, 5.74) is 1.22. The third kappa shape index (κ3) is 3.19. The molecule has 3 aromatic rings. The van der Waals surface area contributed by atoms with Crippen molar-refractivity contribution >= 4 is 40.4 Å². The van der Waals surface area contributed by atoms with Crippen molar-refractivity contribution < 1.29 is 14.3 Å². The molecular formula is C17H15N5O4S. The number of aromatic nitrogens is 4. The number of rotatable bonds is 4. The quantitative estimate of drug-likeness (QED) is 0.517. The number of nitrogens with one attached hydrogen (secondary N) is 2. The van der Waals surface area contributed by atoms with Crippen LogP contribution in [0.1, 0.15) is 22.8 Å². The van der Waals surface area contributed by atoms with Gasteiger partial charge < -0.3 is 10.1 Å². The predicted octanol–water partition coefficient (Wildman–Crippen LogP) is 1.58. The Morgan fingerprint density at radius 2 is 2.15 bits per heavy atom. The summed E-state index contributed by atoms with van der Waals surface area (Å²) in [4.78, 5) is 40.9. The van der Waals surface area contributed by atoms with Gasteiger partial charge in [0, 0.05) is 17.9 Å². The fraction of sp³-hybridized carbons (Fsp3) is 0.235. The Kier molecular flexibility index (Phi) is 4.40. The van der Waals surface area contributed by atoms with Gasteiger partial charge in [-0.25, -0.2) is 9.78 Å². The van der Waals surface area contributed by atoms with E-state index in [2.05, 4.69) is 25.2 Å². The molecule has 0 aliphatic carbocycles. The molecule has 9 nitrogen and oxygen atoms in total. The lowest BCUT2D eigenvalue weighted by molar-refractivity contribution is -0.116. The van der Waals surface area contributed by atoms with Crippen LogP contribution in [0.3, 0.4) is 0 Å². The van der Waals surface area contributed by atoms with Crippen LogP contribution in [0.2, 0.25) is 0 Å². The molecule has 2 N–H and O–H groups in total. The Hall–Kier alpha value is -3.14. The van der Waals surface area contributed by atoms with Crippen molar-refractivity contribution in [2.75, 3.05) is 18.2 Å². The number of thioether (sulfide) groups is 1. The zero-order valence-electron chi connectivity index (χ0n) is 14.3. The van der Waals surface area contributed by atoms with Crippen molar-refractivity contribution in [2.24, 2.45) is 0 Å². The first-order valence-corrected chi connectivity index (χ1v) is 9.12. The predicted molar refractivity (Wildman–Crippen MR) is 98.9 cm³/mol. The van der Waals surface area contributed by atoms with Gasteiger partial charge in [-0.05, 0) is 24.3 Å². The molecular weight excluding hydrogens is 370 g/mol. The smallest absolute Gasteiger partial charge is 0.337 e. The van der Waals surface area contributed by atoms with E-state index in [4.69, 9.17) is 0 Å². The minimum absolute atomic E-state index is 0.143. The number of carbonyl (C=O) groups excluding carboxylic acids is 2. The number of fused-ring (bicyclic) bond motifs is 2. The van der Waals surface area contributed by atoms with Crippen LogP contribution in [0, 0.1) is 0 Å².